The first-order valence-electron chi connectivity index (χ1n) is 2.97. The Morgan fingerprint density at radius 3 is 2.91 bits per heavy atom. The summed E-state index contributed by atoms with van der Waals surface area (Å²) in [4.78, 5) is 0. The Hall–Kier alpha value is -1.78. The third kappa shape index (κ3) is 0.590. The van der Waals surface area contributed by atoms with E-state index >= 15 is 0 Å². The van der Waals surface area contributed by atoms with Crippen LogP contribution in [0.3, 0.4) is 0 Å². The Kier molecular flexibility index (Phi) is 0.883. The number of nitrogens with two attached hydrogens (primary N) is 1. The fourth-order valence-corrected chi connectivity index (χ4v) is 1.00. The van der Waals surface area contributed by atoms with Crippen molar-refractivity contribution in [1.29, 1.82) is 0 Å². The lowest BCUT2D eigenvalue weighted by Gasteiger charge is -1.89. The lowest BCUT2D eigenvalue weighted by molar-refractivity contribution is 0.200. The first-order chi connectivity index (χ1) is 5.20. The highest BCUT2D eigenvalue weighted by molar-refractivity contribution is 5.89. The van der Waals surface area contributed by atoms with Crippen LogP contribution in [0.1, 0.15) is 0 Å². The molecule has 0 atom stereocenters. The van der Waals surface area contributed by atoms with Gasteiger partial charge < -0.3 is 20.5 Å². The van der Waals surface area contributed by atoms with Crippen molar-refractivity contribution in [1.82, 2.24) is 4.73 Å². The molecule has 2 heterocycles. The Morgan fingerprint density at radius 1 is 1.55 bits per heavy atom. The number of fused-ring (bicyclic) bond motifs is 1. The normalized spacial score (nSPS) is 10.9. The molecule has 0 aliphatic rings. The van der Waals surface area contributed by atoms with Crippen LogP contribution >= 0.6 is 0 Å². The summed E-state index contributed by atoms with van der Waals surface area (Å²) in [5, 5.41) is 18.0. The highest BCUT2D eigenvalue weighted by Crippen LogP contribution is 2.32. The number of nitrogens with zero attached hydrogens (tertiary/aromatic N) is 1. The van der Waals surface area contributed by atoms with Crippen LogP contribution in [-0.2, 0) is 0 Å². The lowest BCUT2D eigenvalue weighted by Crippen LogP contribution is -1.89. The van der Waals surface area contributed by atoms with E-state index in [1.165, 1.54) is 12.3 Å². The minimum Gasteiger partial charge on any atom is -0.479 e. The molecule has 2 aromatic rings. The van der Waals surface area contributed by atoms with E-state index in [2.05, 4.69) is 0 Å². The van der Waals surface area contributed by atoms with E-state index in [1.807, 2.05) is 0 Å². The van der Waals surface area contributed by atoms with Crippen molar-refractivity contribution in [3.8, 4) is 5.95 Å². The highest BCUT2D eigenvalue weighted by atomic mass is 16.5. The van der Waals surface area contributed by atoms with Crippen molar-refractivity contribution in [2.45, 2.75) is 0 Å². The fraction of sp³-hybridized carbons (Fsp3) is 0. The summed E-state index contributed by atoms with van der Waals surface area (Å²) >= 11 is 0. The molecular weight excluding hydrogens is 148 g/mol. The largest absolute Gasteiger partial charge is 0.479 e. The molecule has 58 valence electrons. The molecule has 0 bridgehead atoms. The van der Waals surface area contributed by atoms with Gasteiger partial charge in [0.1, 0.15) is 5.69 Å². The highest BCUT2D eigenvalue weighted by Gasteiger charge is 2.13. The zero-order valence-corrected chi connectivity index (χ0v) is 5.48. The summed E-state index contributed by atoms with van der Waals surface area (Å²) in [5.41, 5.74) is 6.06. The van der Waals surface area contributed by atoms with Gasteiger partial charge in [0.25, 0.3) is 0 Å². The maximum absolute atomic E-state index is 9.07. The van der Waals surface area contributed by atoms with Gasteiger partial charge in [0.15, 0.2) is 11.1 Å². The lowest BCUT2D eigenvalue weighted by atomic mass is 10.4. The molecule has 0 unspecified atom stereocenters. The average molecular weight is 154 g/mol. The summed E-state index contributed by atoms with van der Waals surface area (Å²) in [7, 11) is 0. The Balaban J connectivity index is 2.95. The van der Waals surface area contributed by atoms with Crippen LogP contribution < -0.4 is 5.73 Å². The van der Waals surface area contributed by atoms with Gasteiger partial charge in [-0.05, 0) is 0 Å². The van der Waals surface area contributed by atoms with E-state index in [9.17, 15) is 0 Å². The van der Waals surface area contributed by atoms with Crippen molar-refractivity contribution in [3.05, 3.63) is 12.3 Å². The quantitative estimate of drug-likeness (QED) is 0.489. The van der Waals surface area contributed by atoms with Gasteiger partial charge in [0.2, 0.25) is 0 Å². The van der Waals surface area contributed by atoms with Gasteiger partial charge in [-0.25, -0.2) is 0 Å². The molecule has 2 rings (SSSR count). The van der Waals surface area contributed by atoms with E-state index in [0.717, 1.165) is 4.73 Å². The van der Waals surface area contributed by atoms with Crippen LogP contribution in [0, 0.1) is 0 Å². The number of furan rings is 1. The molecule has 2 aromatic heterocycles. The topological polar surface area (TPSA) is 84.5 Å². The number of hydrogen-bond donors (Lipinski definition) is 3. The summed E-state index contributed by atoms with van der Waals surface area (Å²) in [6.45, 7) is 0. The Morgan fingerprint density at radius 2 is 2.27 bits per heavy atom. The predicted molar refractivity (Wildman–Crippen MR) is 37.5 cm³/mol. The second kappa shape index (κ2) is 1.63. The minimum atomic E-state index is -0.363. The number of rotatable bonds is 0. The summed E-state index contributed by atoms with van der Waals surface area (Å²) < 4.78 is 5.57. The summed E-state index contributed by atoms with van der Waals surface area (Å²) in [6, 6.07) is 1.51. The van der Waals surface area contributed by atoms with Crippen molar-refractivity contribution < 1.29 is 14.7 Å². The number of aromatic nitrogens is 1. The van der Waals surface area contributed by atoms with Crippen LogP contribution in [0.5, 0.6) is 5.95 Å². The molecule has 0 amide bonds. The van der Waals surface area contributed by atoms with Crippen molar-refractivity contribution in [3.63, 3.8) is 0 Å². The van der Waals surface area contributed by atoms with Crippen LogP contribution in [0.15, 0.2) is 16.7 Å². The fourth-order valence-electron chi connectivity index (χ4n) is 1.00. The number of aromatic hydroxyl groups is 1. The van der Waals surface area contributed by atoms with E-state index in [4.69, 9.17) is 20.5 Å². The van der Waals surface area contributed by atoms with E-state index in [-0.39, 0.29) is 11.6 Å². The van der Waals surface area contributed by atoms with Crippen LogP contribution in [0.25, 0.3) is 11.1 Å². The van der Waals surface area contributed by atoms with Crippen molar-refractivity contribution >= 4 is 16.8 Å². The molecule has 5 nitrogen and oxygen atoms in total. The number of nitrogen functional groups attached to an aromatic ring is 1. The number of hydrogen-bond acceptors (Lipinski definition) is 4. The Labute approximate surface area is 61.2 Å². The smallest absolute Gasteiger partial charge is 0.309 e. The molecule has 4 N–H and O–H groups in total. The standard InChI is InChI=1S/C6H6N2O3/c7-4-5-3(11-6(4)9)1-2-8(5)10/h1-2,9-10H,7H2. The molecule has 0 saturated carbocycles. The molecule has 0 saturated heterocycles. The SMILES string of the molecule is Nc1c(O)oc2ccn(O)c12. The number of anilines is 1. The van der Waals surface area contributed by atoms with Gasteiger partial charge in [0.05, 0.1) is 0 Å². The zero-order chi connectivity index (χ0) is 8.01. The van der Waals surface area contributed by atoms with Crippen LogP contribution in [-0.4, -0.2) is 15.0 Å². The third-order valence-electron chi connectivity index (χ3n) is 1.52. The molecule has 5 heteroatoms. The first kappa shape index (κ1) is 5.96. The van der Waals surface area contributed by atoms with E-state index in [1.54, 1.807) is 0 Å². The second-order valence-electron chi connectivity index (χ2n) is 2.19. The molecule has 0 radical (unpaired) electrons. The summed E-state index contributed by atoms with van der Waals surface area (Å²) in [6.07, 6.45) is 1.38. The molecule has 0 aliphatic carbocycles. The summed E-state index contributed by atoms with van der Waals surface area (Å²) in [5.74, 6) is -0.363. The van der Waals surface area contributed by atoms with Crippen molar-refractivity contribution in [2.75, 3.05) is 5.73 Å². The van der Waals surface area contributed by atoms with Gasteiger partial charge in [-0.3, -0.25) is 0 Å². The van der Waals surface area contributed by atoms with E-state index in [0.29, 0.717) is 11.1 Å². The molecule has 0 fully saturated rings. The second-order valence-corrected chi connectivity index (χ2v) is 2.19. The van der Waals surface area contributed by atoms with E-state index < -0.39 is 0 Å². The molecular formula is C6H6N2O3. The molecule has 0 aromatic carbocycles. The van der Waals surface area contributed by atoms with Gasteiger partial charge in [-0.1, -0.05) is 0 Å². The van der Waals surface area contributed by atoms with Crippen LogP contribution in [0.2, 0.25) is 0 Å². The molecule has 0 spiro atoms. The third-order valence-corrected chi connectivity index (χ3v) is 1.52. The predicted octanol–water partition coefficient (Wildman–Crippen LogP) is 0.759. The zero-order valence-electron chi connectivity index (χ0n) is 5.48. The minimum absolute atomic E-state index is 0.0486. The van der Waals surface area contributed by atoms with Gasteiger partial charge >= 0.3 is 5.95 Å². The van der Waals surface area contributed by atoms with Gasteiger partial charge in [0, 0.05) is 12.3 Å². The van der Waals surface area contributed by atoms with Crippen LogP contribution in [0.4, 0.5) is 5.69 Å². The van der Waals surface area contributed by atoms with Crippen molar-refractivity contribution in [2.24, 2.45) is 0 Å². The molecule has 0 aliphatic heterocycles. The maximum Gasteiger partial charge on any atom is 0.309 e. The maximum atomic E-state index is 9.07. The van der Waals surface area contributed by atoms with Gasteiger partial charge in [-0.2, -0.15) is 4.73 Å². The average Bonchev–Trinajstić information content (AvgIpc) is 2.41. The first-order valence-corrected chi connectivity index (χ1v) is 2.97. The monoisotopic (exact) mass is 154 g/mol. The van der Waals surface area contributed by atoms with Gasteiger partial charge in [-0.15, -0.1) is 0 Å². The Bertz CT molecular complexity index is 401. The molecule has 11 heavy (non-hydrogen) atoms.